The highest BCUT2D eigenvalue weighted by Crippen LogP contribution is 2.18. The Balaban J connectivity index is 2.28. The predicted molar refractivity (Wildman–Crippen MR) is 78.7 cm³/mol. The smallest absolute Gasteiger partial charge is 0.258 e. The van der Waals surface area contributed by atoms with Crippen LogP contribution in [0.1, 0.15) is 35.0 Å². The van der Waals surface area contributed by atoms with Gasteiger partial charge >= 0.3 is 0 Å². The summed E-state index contributed by atoms with van der Waals surface area (Å²) in [7, 11) is 0. The first-order valence-electron chi connectivity index (χ1n) is 7.02. The number of aliphatic hydroxyl groups is 1. The Morgan fingerprint density at radius 2 is 2.29 bits per heavy atom. The van der Waals surface area contributed by atoms with Crippen LogP contribution >= 0.6 is 0 Å². The van der Waals surface area contributed by atoms with Gasteiger partial charge in [0.25, 0.3) is 5.91 Å². The fourth-order valence-electron chi connectivity index (χ4n) is 2.26. The molecule has 1 amide bonds. The minimum atomic E-state index is -0.230. The molecule has 0 unspecified atom stereocenters. The number of rotatable bonds is 6. The normalized spacial score (nSPS) is 12.1. The molecule has 21 heavy (non-hydrogen) atoms. The minimum Gasteiger partial charge on any atom is -0.469 e. The van der Waals surface area contributed by atoms with Crippen LogP contribution in [0.5, 0.6) is 0 Å². The maximum Gasteiger partial charge on any atom is 0.258 e. The Morgan fingerprint density at radius 3 is 2.81 bits per heavy atom. The molecule has 5 nitrogen and oxygen atoms in total. The van der Waals surface area contributed by atoms with E-state index in [2.05, 4.69) is 4.98 Å². The van der Waals surface area contributed by atoms with Gasteiger partial charge in [0.2, 0.25) is 0 Å². The molecule has 2 aromatic heterocycles. The van der Waals surface area contributed by atoms with Crippen LogP contribution in [0.2, 0.25) is 0 Å². The SMILES string of the molecule is CC[C@@H](CO)N(Cc1cccnc1)C(=O)c1ccoc1C. The van der Waals surface area contributed by atoms with E-state index in [1.54, 1.807) is 30.3 Å². The Kier molecular flexibility index (Phi) is 5.11. The average molecular weight is 288 g/mol. The van der Waals surface area contributed by atoms with Crippen LogP contribution in [-0.4, -0.2) is 33.5 Å². The van der Waals surface area contributed by atoms with Gasteiger partial charge in [-0.25, -0.2) is 0 Å². The minimum absolute atomic E-state index is 0.0700. The number of nitrogens with zero attached hydrogens (tertiary/aromatic N) is 2. The molecule has 2 aromatic rings. The van der Waals surface area contributed by atoms with E-state index in [1.165, 1.54) is 6.26 Å². The van der Waals surface area contributed by atoms with Crippen LogP contribution in [0.3, 0.4) is 0 Å². The van der Waals surface area contributed by atoms with E-state index in [4.69, 9.17) is 4.42 Å². The highest BCUT2D eigenvalue weighted by molar-refractivity contribution is 5.95. The summed E-state index contributed by atoms with van der Waals surface area (Å²) in [6.45, 7) is 4.05. The molecule has 0 aliphatic heterocycles. The van der Waals surface area contributed by atoms with Crippen LogP contribution in [0.25, 0.3) is 0 Å². The molecular weight excluding hydrogens is 268 g/mol. The molecule has 112 valence electrons. The molecule has 2 heterocycles. The first kappa shape index (κ1) is 15.3. The maximum absolute atomic E-state index is 12.7. The van der Waals surface area contributed by atoms with E-state index in [-0.39, 0.29) is 18.6 Å². The number of hydrogen-bond acceptors (Lipinski definition) is 4. The van der Waals surface area contributed by atoms with Crippen LogP contribution in [0.15, 0.2) is 41.3 Å². The Bertz CT molecular complexity index is 576. The maximum atomic E-state index is 12.7. The van der Waals surface area contributed by atoms with E-state index in [0.717, 1.165) is 5.56 Å². The van der Waals surface area contributed by atoms with Crippen molar-refractivity contribution in [3.05, 3.63) is 53.7 Å². The van der Waals surface area contributed by atoms with Crippen molar-refractivity contribution in [2.45, 2.75) is 32.9 Å². The zero-order chi connectivity index (χ0) is 15.2. The van der Waals surface area contributed by atoms with Gasteiger partial charge in [0.05, 0.1) is 24.5 Å². The molecule has 0 fully saturated rings. The van der Waals surface area contributed by atoms with Crippen molar-refractivity contribution >= 4 is 5.91 Å². The summed E-state index contributed by atoms with van der Waals surface area (Å²) in [4.78, 5) is 18.5. The standard InChI is InChI=1S/C16H20N2O3/c1-3-14(11-19)18(10-13-5-4-7-17-9-13)16(20)15-6-8-21-12(15)2/h4-9,14,19H,3,10-11H2,1-2H3/t14-/m0/s1. The molecule has 0 saturated carbocycles. The van der Waals surface area contributed by atoms with Gasteiger partial charge in [-0.1, -0.05) is 13.0 Å². The molecule has 5 heteroatoms. The third-order valence-corrected chi connectivity index (χ3v) is 3.55. The Labute approximate surface area is 124 Å². The summed E-state index contributed by atoms with van der Waals surface area (Å²) in [5.41, 5.74) is 1.46. The number of amides is 1. The zero-order valence-electron chi connectivity index (χ0n) is 12.3. The van der Waals surface area contributed by atoms with Crippen molar-refractivity contribution in [1.29, 1.82) is 0 Å². The van der Waals surface area contributed by atoms with Crippen LogP contribution < -0.4 is 0 Å². The number of furan rings is 1. The van der Waals surface area contributed by atoms with E-state index in [9.17, 15) is 9.90 Å². The second-order valence-electron chi connectivity index (χ2n) is 4.93. The van der Waals surface area contributed by atoms with Gasteiger partial charge in [0.1, 0.15) is 5.76 Å². The van der Waals surface area contributed by atoms with Crippen LogP contribution in [0.4, 0.5) is 0 Å². The molecule has 0 saturated heterocycles. The summed E-state index contributed by atoms with van der Waals surface area (Å²) < 4.78 is 5.21. The van der Waals surface area contributed by atoms with Gasteiger partial charge in [-0.15, -0.1) is 0 Å². The quantitative estimate of drug-likeness (QED) is 0.886. The lowest BCUT2D eigenvalue weighted by Gasteiger charge is -2.30. The first-order valence-corrected chi connectivity index (χ1v) is 7.02. The third kappa shape index (κ3) is 3.49. The number of hydrogen-bond donors (Lipinski definition) is 1. The zero-order valence-corrected chi connectivity index (χ0v) is 12.3. The number of carbonyl (C=O) groups is 1. The van der Waals surface area contributed by atoms with E-state index in [1.807, 2.05) is 19.1 Å². The molecule has 0 aliphatic carbocycles. The van der Waals surface area contributed by atoms with Gasteiger partial charge < -0.3 is 14.4 Å². The highest BCUT2D eigenvalue weighted by Gasteiger charge is 2.25. The number of aliphatic hydroxyl groups excluding tert-OH is 1. The van der Waals surface area contributed by atoms with Gasteiger partial charge in [0.15, 0.2) is 0 Å². The predicted octanol–water partition coefficient (Wildman–Crippen LogP) is 2.40. The summed E-state index contributed by atoms with van der Waals surface area (Å²) in [5, 5.41) is 9.56. The lowest BCUT2D eigenvalue weighted by atomic mass is 10.1. The Hall–Kier alpha value is -2.14. The number of aromatic nitrogens is 1. The molecule has 1 atom stereocenters. The lowest BCUT2D eigenvalue weighted by molar-refractivity contribution is 0.0562. The van der Waals surface area contributed by atoms with Crippen molar-refractivity contribution < 1.29 is 14.3 Å². The van der Waals surface area contributed by atoms with E-state index in [0.29, 0.717) is 24.3 Å². The molecule has 1 N–H and O–H groups in total. The fraction of sp³-hybridized carbons (Fsp3) is 0.375. The van der Waals surface area contributed by atoms with Gasteiger partial charge in [-0.3, -0.25) is 9.78 Å². The Morgan fingerprint density at radius 1 is 1.48 bits per heavy atom. The average Bonchev–Trinajstić information content (AvgIpc) is 2.94. The molecule has 0 bridgehead atoms. The van der Waals surface area contributed by atoms with Crippen LogP contribution in [0, 0.1) is 6.92 Å². The largest absolute Gasteiger partial charge is 0.469 e. The summed E-state index contributed by atoms with van der Waals surface area (Å²) in [5.74, 6) is 0.454. The molecular formula is C16H20N2O3. The molecule has 0 spiro atoms. The van der Waals surface area contributed by atoms with Crippen molar-refractivity contribution in [2.75, 3.05) is 6.61 Å². The van der Waals surface area contributed by atoms with Crippen molar-refractivity contribution in [3.8, 4) is 0 Å². The summed E-state index contributed by atoms with van der Waals surface area (Å²) in [6, 6.07) is 5.19. The van der Waals surface area contributed by atoms with Gasteiger partial charge in [0, 0.05) is 18.9 Å². The molecule has 0 radical (unpaired) electrons. The third-order valence-electron chi connectivity index (χ3n) is 3.55. The summed E-state index contributed by atoms with van der Waals surface area (Å²) >= 11 is 0. The molecule has 2 rings (SSSR count). The first-order chi connectivity index (χ1) is 10.2. The van der Waals surface area contributed by atoms with Crippen molar-refractivity contribution in [2.24, 2.45) is 0 Å². The van der Waals surface area contributed by atoms with E-state index < -0.39 is 0 Å². The molecule has 0 aliphatic rings. The number of pyridine rings is 1. The van der Waals surface area contributed by atoms with Crippen molar-refractivity contribution in [3.63, 3.8) is 0 Å². The highest BCUT2D eigenvalue weighted by atomic mass is 16.3. The molecule has 0 aromatic carbocycles. The number of aryl methyl sites for hydroxylation is 1. The second-order valence-corrected chi connectivity index (χ2v) is 4.93. The number of carbonyl (C=O) groups excluding carboxylic acids is 1. The summed E-state index contributed by atoms with van der Waals surface area (Å²) in [6.07, 6.45) is 5.61. The van der Waals surface area contributed by atoms with Gasteiger partial charge in [-0.05, 0) is 31.0 Å². The van der Waals surface area contributed by atoms with E-state index >= 15 is 0 Å². The topological polar surface area (TPSA) is 66.6 Å². The monoisotopic (exact) mass is 288 g/mol. The van der Waals surface area contributed by atoms with Crippen LogP contribution in [-0.2, 0) is 6.54 Å². The lowest BCUT2D eigenvalue weighted by Crippen LogP contribution is -2.41. The van der Waals surface area contributed by atoms with Crippen molar-refractivity contribution in [1.82, 2.24) is 9.88 Å². The fourth-order valence-corrected chi connectivity index (χ4v) is 2.26. The van der Waals surface area contributed by atoms with Gasteiger partial charge in [-0.2, -0.15) is 0 Å². The second kappa shape index (κ2) is 7.04.